The van der Waals surface area contributed by atoms with E-state index in [0.717, 1.165) is 66.7 Å². The number of nitrogens with zero attached hydrogens (tertiary/aromatic N) is 4. The first-order valence-electron chi connectivity index (χ1n) is 16.7. The largest absolute Gasteiger partial charge is 0.264 e. The van der Waals surface area contributed by atoms with Crippen LogP contribution in [-0.2, 0) is 0 Å². The van der Waals surface area contributed by atoms with E-state index in [9.17, 15) is 0 Å². The van der Waals surface area contributed by atoms with Crippen LogP contribution in [0.4, 0.5) is 0 Å². The molecule has 0 saturated heterocycles. The molecule has 240 valence electrons. The fourth-order valence-electron chi connectivity index (χ4n) is 6.40. The number of aliphatic imine (C=N–C) groups is 1. The highest BCUT2D eigenvalue weighted by molar-refractivity contribution is 6.00. The first-order chi connectivity index (χ1) is 24.6. The second-order valence-corrected chi connectivity index (χ2v) is 11.9. The average molecular weight is 645 g/mol. The minimum Gasteiger partial charge on any atom is -0.264 e. The second kappa shape index (κ2) is 14.3. The van der Waals surface area contributed by atoms with Crippen LogP contribution in [0.2, 0.25) is 0 Å². The second-order valence-electron chi connectivity index (χ2n) is 11.9. The van der Waals surface area contributed by atoms with Gasteiger partial charge < -0.3 is 0 Å². The summed E-state index contributed by atoms with van der Waals surface area (Å²) in [6, 6.07) is 45.9. The molecule has 1 heterocycles. The van der Waals surface area contributed by atoms with Crippen LogP contribution in [-0.4, -0.2) is 21.7 Å². The predicted octanol–water partition coefficient (Wildman–Crippen LogP) is 12.1. The topological polar surface area (TPSA) is 51.0 Å². The summed E-state index contributed by atoms with van der Waals surface area (Å²) in [5, 5.41) is 2.31. The molecular weight excluding hydrogens is 609 g/mol. The van der Waals surface area contributed by atoms with E-state index in [1.54, 1.807) is 0 Å². The summed E-state index contributed by atoms with van der Waals surface area (Å²) in [5.74, 6) is 1.84. The van der Waals surface area contributed by atoms with Gasteiger partial charge in [0.2, 0.25) is 0 Å². The summed E-state index contributed by atoms with van der Waals surface area (Å²) in [7, 11) is 0. The van der Waals surface area contributed by atoms with Gasteiger partial charge in [0, 0.05) is 16.7 Å². The number of rotatable bonds is 9. The van der Waals surface area contributed by atoms with Gasteiger partial charge >= 0.3 is 0 Å². The highest BCUT2D eigenvalue weighted by Gasteiger charge is 2.17. The van der Waals surface area contributed by atoms with Gasteiger partial charge in [-0.3, -0.25) is 4.99 Å². The van der Waals surface area contributed by atoms with E-state index in [-0.39, 0.29) is 0 Å². The third kappa shape index (κ3) is 6.35. The van der Waals surface area contributed by atoms with Crippen LogP contribution in [0, 0.1) is 0 Å². The first-order valence-corrected chi connectivity index (χ1v) is 16.7. The van der Waals surface area contributed by atoms with Crippen LogP contribution >= 0.6 is 0 Å². The van der Waals surface area contributed by atoms with Crippen molar-refractivity contribution < 1.29 is 0 Å². The van der Waals surface area contributed by atoms with Crippen molar-refractivity contribution in [3.63, 3.8) is 0 Å². The number of hydrogen-bond acceptors (Lipinski definition) is 4. The lowest BCUT2D eigenvalue weighted by molar-refractivity contribution is 1.07. The molecule has 7 rings (SSSR count). The van der Waals surface area contributed by atoms with Crippen molar-refractivity contribution in [1.29, 1.82) is 0 Å². The van der Waals surface area contributed by atoms with Gasteiger partial charge in [0.1, 0.15) is 0 Å². The van der Waals surface area contributed by atoms with Crippen molar-refractivity contribution in [2.75, 3.05) is 0 Å². The molecular formula is C46H36N4. The molecule has 0 bridgehead atoms. The molecule has 0 unspecified atom stereocenters. The quantitative estimate of drug-likeness (QED) is 0.147. The molecule has 0 spiro atoms. The Kier molecular flexibility index (Phi) is 9.17. The van der Waals surface area contributed by atoms with Gasteiger partial charge in [-0.25, -0.2) is 15.0 Å². The Labute approximate surface area is 293 Å². The van der Waals surface area contributed by atoms with Crippen LogP contribution in [0.15, 0.2) is 157 Å². The third-order valence-corrected chi connectivity index (χ3v) is 8.83. The van der Waals surface area contributed by atoms with Gasteiger partial charge in [0.15, 0.2) is 17.5 Å². The van der Waals surface area contributed by atoms with E-state index in [2.05, 4.69) is 103 Å². The van der Waals surface area contributed by atoms with E-state index in [1.807, 2.05) is 86.7 Å². The van der Waals surface area contributed by atoms with Crippen LogP contribution in [0.3, 0.4) is 0 Å². The monoisotopic (exact) mass is 644 g/mol. The van der Waals surface area contributed by atoms with Crippen molar-refractivity contribution >= 4 is 35.3 Å². The third-order valence-electron chi connectivity index (χ3n) is 8.83. The van der Waals surface area contributed by atoms with Crippen LogP contribution in [0.25, 0.3) is 85.0 Å². The molecule has 0 atom stereocenters. The van der Waals surface area contributed by atoms with Crippen LogP contribution in [0.5, 0.6) is 0 Å². The molecule has 7 aromatic rings. The molecule has 50 heavy (non-hydrogen) atoms. The van der Waals surface area contributed by atoms with Gasteiger partial charge in [0.05, 0.1) is 5.70 Å². The smallest absolute Gasteiger partial charge is 0.164 e. The number of benzene rings is 6. The molecule has 0 N–H and O–H groups in total. The van der Waals surface area contributed by atoms with Gasteiger partial charge in [0.25, 0.3) is 0 Å². The van der Waals surface area contributed by atoms with E-state index in [1.165, 1.54) is 5.39 Å². The minimum atomic E-state index is 0.599. The van der Waals surface area contributed by atoms with Crippen molar-refractivity contribution in [1.82, 2.24) is 15.0 Å². The Morgan fingerprint density at radius 1 is 0.560 bits per heavy atom. The molecule has 0 aliphatic rings. The molecule has 1 aromatic heterocycles. The molecule has 0 saturated carbocycles. The minimum absolute atomic E-state index is 0.599. The average Bonchev–Trinajstić information content (AvgIpc) is 3.19. The number of allylic oxidation sites excluding steroid dienone is 2. The van der Waals surface area contributed by atoms with Gasteiger partial charge in [-0.15, -0.1) is 0 Å². The summed E-state index contributed by atoms with van der Waals surface area (Å²) in [4.78, 5) is 19.3. The Balaban J connectivity index is 1.51. The molecule has 0 aliphatic carbocycles. The summed E-state index contributed by atoms with van der Waals surface area (Å²) in [6.07, 6.45) is 8.18. The zero-order chi connectivity index (χ0) is 34.5. The predicted molar refractivity (Wildman–Crippen MR) is 213 cm³/mol. The van der Waals surface area contributed by atoms with Crippen molar-refractivity contribution in [2.24, 2.45) is 4.99 Å². The summed E-state index contributed by atoms with van der Waals surface area (Å²) in [5.41, 5.74) is 11.1. The molecule has 4 heteroatoms. The fraction of sp³-hybridized carbons (Fsp3) is 0.0435. The van der Waals surface area contributed by atoms with Crippen molar-refractivity contribution in [2.45, 2.75) is 13.8 Å². The lowest BCUT2D eigenvalue weighted by Gasteiger charge is -2.17. The maximum absolute atomic E-state index is 5.09. The number of fused-ring (bicyclic) bond motifs is 1. The van der Waals surface area contributed by atoms with E-state index >= 15 is 0 Å². The number of hydrogen-bond donors (Lipinski definition) is 0. The fourth-order valence-corrected chi connectivity index (χ4v) is 6.40. The summed E-state index contributed by atoms with van der Waals surface area (Å²) >= 11 is 0. The normalized spacial score (nSPS) is 11.6. The van der Waals surface area contributed by atoms with Gasteiger partial charge in [-0.1, -0.05) is 140 Å². The van der Waals surface area contributed by atoms with E-state index < -0.39 is 0 Å². The Bertz CT molecular complexity index is 2350. The standard InChI is InChI=1S/C46H36N4/c1-5-16-41-39(6-2)40-22-15-14-21-35(40)30-42(41)37-27-36(31-23-25-32(26-24-31)43(7-3)47-4)28-38(29-37)46-49-44(33-17-10-8-11-18-33)48-45(50-46)34-19-12-9-13-20-34/h5-30H,2,4H2,1,3H3/b16-5-,43-7-. The zero-order valence-corrected chi connectivity index (χ0v) is 28.2. The van der Waals surface area contributed by atoms with Crippen LogP contribution in [0.1, 0.15) is 30.5 Å². The van der Waals surface area contributed by atoms with Gasteiger partial charge in [-0.2, -0.15) is 0 Å². The summed E-state index contributed by atoms with van der Waals surface area (Å²) in [6.45, 7) is 12.0. The van der Waals surface area contributed by atoms with Crippen molar-refractivity contribution in [3.8, 4) is 56.4 Å². The molecule has 0 amide bonds. The first kappa shape index (κ1) is 32.0. The van der Waals surface area contributed by atoms with Crippen molar-refractivity contribution in [3.05, 3.63) is 169 Å². The van der Waals surface area contributed by atoms with E-state index in [4.69, 9.17) is 15.0 Å². The maximum Gasteiger partial charge on any atom is 0.164 e. The summed E-state index contributed by atoms with van der Waals surface area (Å²) < 4.78 is 0. The van der Waals surface area contributed by atoms with Gasteiger partial charge in [-0.05, 0) is 94.5 Å². The lowest BCUT2D eigenvalue weighted by atomic mass is 9.88. The maximum atomic E-state index is 5.09. The molecule has 0 fully saturated rings. The molecule has 6 aromatic carbocycles. The zero-order valence-electron chi connectivity index (χ0n) is 28.2. The highest BCUT2D eigenvalue weighted by atomic mass is 15.0. The molecule has 4 nitrogen and oxygen atoms in total. The Morgan fingerprint density at radius 2 is 1.12 bits per heavy atom. The van der Waals surface area contributed by atoms with E-state index in [0.29, 0.717) is 17.5 Å². The highest BCUT2D eigenvalue weighted by Crippen LogP contribution is 2.39. The SMILES string of the molecule is C=Cc1c(/C=C\C)c(-c2cc(-c3ccc(/C(=C/C)N=C)cc3)cc(-c3nc(-c4ccccc4)nc(-c4ccccc4)n3)c2)cc2ccccc12. The Hall–Kier alpha value is -6.52. The Morgan fingerprint density at radius 3 is 1.70 bits per heavy atom. The van der Waals surface area contributed by atoms with Crippen LogP contribution < -0.4 is 0 Å². The lowest BCUT2D eigenvalue weighted by Crippen LogP contribution is -2.00. The molecule has 0 radical (unpaired) electrons. The number of aromatic nitrogens is 3. The molecule has 0 aliphatic heterocycles.